The van der Waals surface area contributed by atoms with Crippen LogP contribution in [0.5, 0.6) is 17.2 Å². The van der Waals surface area contributed by atoms with Gasteiger partial charge in [-0.1, -0.05) is 30.7 Å². The third kappa shape index (κ3) is 5.33. The van der Waals surface area contributed by atoms with Gasteiger partial charge in [-0.15, -0.1) is 0 Å². The van der Waals surface area contributed by atoms with Gasteiger partial charge in [-0.2, -0.15) is 0 Å². The Labute approximate surface area is 149 Å². The standard InChI is InChI=1S/C21H25NO3/c1-16(23)24-20-10-2-3-11-21(20)25-19-9-6-7-17(15-19)12-13-18-8-4-5-14-22-18/h2-3,6-7,9-11,15,18,22H,4-5,8,12-14H2,1H3. The summed E-state index contributed by atoms with van der Waals surface area (Å²) in [6, 6.07) is 16.0. The van der Waals surface area contributed by atoms with E-state index in [9.17, 15) is 4.79 Å². The molecule has 1 saturated heterocycles. The van der Waals surface area contributed by atoms with Gasteiger partial charge in [-0.3, -0.25) is 4.79 Å². The van der Waals surface area contributed by atoms with Crippen molar-refractivity contribution in [2.45, 2.75) is 45.1 Å². The van der Waals surface area contributed by atoms with Gasteiger partial charge in [0.1, 0.15) is 5.75 Å². The molecule has 0 aliphatic carbocycles. The van der Waals surface area contributed by atoms with Crippen LogP contribution in [0.3, 0.4) is 0 Å². The molecule has 4 nitrogen and oxygen atoms in total. The van der Waals surface area contributed by atoms with Crippen LogP contribution in [0.15, 0.2) is 48.5 Å². The smallest absolute Gasteiger partial charge is 0.308 e. The number of para-hydroxylation sites is 2. The van der Waals surface area contributed by atoms with Crippen LogP contribution < -0.4 is 14.8 Å². The van der Waals surface area contributed by atoms with Crippen molar-refractivity contribution >= 4 is 5.97 Å². The second-order valence-electron chi connectivity index (χ2n) is 6.48. The zero-order valence-electron chi connectivity index (χ0n) is 14.7. The summed E-state index contributed by atoms with van der Waals surface area (Å²) in [7, 11) is 0. The average Bonchev–Trinajstić information content (AvgIpc) is 2.62. The second kappa shape index (κ2) is 8.67. The van der Waals surface area contributed by atoms with Crippen molar-refractivity contribution in [1.29, 1.82) is 0 Å². The molecule has 1 aliphatic rings. The van der Waals surface area contributed by atoms with Crippen LogP contribution in [0.1, 0.15) is 38.2 Å². The maximum atomic E-state index is 11.2. The molecule has 0 aromatic heterocycles. The summed E-state index contributed by atoms with van der Waals surface area (Å²) in [6.45, 7) is 2.53. The molecule has 3 rings (SSSR count). The maximum Gasteiger partial charge on any atom is 0.308 e. The van der Waals surface area contributed by atoms with Crippen molar-refractivity contribution in [3.63, 3.8) is 0 Å². The number of piperidine rings is 1. The van der Waals surface area contributed by atoms with Gasteiger partial charge in [0.25, 0.3) is 0 Å². The number of nitrogens with one attached hydrogen (secondary N) is 1. The number of hydrogen-bond donors (Lipinski definition) is 1. The maximum absolute atomic E-state index is 11.2. The molecule has 0 bridgehead atoms. The van der Waals surface area contributed by atoms with Crippen molar-refractivity contribution in [2.24, 2.45) is 0 Å². The number of esters is 1. The van der Waals surface area contributed by atoms with Crippen LogP contribution in [0, 0.1) is 0 Å². The van der Waals surface area contributed by atoms with Crippen molar-refractivity contribution in [1.82, 2.24) is 5.32 Å². The number of ether oxygens (including phenoxy) is 2. The normalized spacial score (nSPS) is 17.1. The molecule has 1 aliphatic heterocycles. The molecule has 0 spiro atoms. The molecule has 1 heterocycles. The number of benzene rings is 2. The Morgan fingerprint density at radius 1 is 1.12 bits per heavy atom. The summed E-state index contributed by atoms with van der Waals surface area (Å²) < 4.78 is 11.2. The first-order valence-electron chi connectivity index (χ1n) is 8.98. The Bertz CT molecular complexity index is 708. The lowest BCUT2D eigenvalue weighted by atomic mass is 9.98. The van der Waals surface area contributed by atoms with Crippen LogP contribution in [0.25, 0.3) is 0 Å². The van der Waals surface area contributed by atoms with Crippen molar-refractivity contribution in [3.8, 4) is 17.2 Å². The molecule has 4 heteroatoms. The highest BCUT2D eigenvalue weighted by Crippen LogP contribution is 2.31. The predicted octanol–water partition coefficient (Wildman–Crippen LogP) is 4.48. The number of aryl methyl sites for hydroxylation is 1. The Hall–Kier alpha value is -2.33. The Morgan fingerprint density at radius 2 is 1.96 bits per heavy atom. The van der Waals surface area contributed by atoms with Gasteiger partial charge in [0.15, 0.2) is 11.5 Å². The summed E-state index contributed by atoms with van der Waals surface area (Å²) in [5, 5.41) is 3.59. The Kier molecular flexibility index (Phi) is 6.07. The molecule has 132 valence electrons. The van der Waals surface area contributed by atoms with Crippen LogP contribution >= 0.6 is 0 Å². The number of carbonyl (C=O) groups is 1. The second-order valence-corrected chi connectivity index (χ2v) is 6.48. The predicted molar refractivity (Wildman–Crippen MR) is 98.2 cm³/mol. The Morgan fingerprint density at radius 3 is 2.72 bits per heavy atom. The quantitative estimate of drug-likeness (QED) is 0.623. The van der Waals surface area contributed by atoms with E-state index in [0.717, 1.165) is 25.1 Å². The first kappa shape index (κ1) is 17.5. The number of hydrogen-bond acceptors (Lipinski definition) is 4. The summed E-state index contributed by atoms with van der Waals surface area (Å²) in [4.78, 5) is 11.2. The monoisotopic (exact) mass is 339 g/mol. The molecule has 2 aromatic rings. The van der Waals surface area contributed by atoms with E-state index < -0.39 is 0 Å². The molecular weight excluding hydrogens is 314 g/mol. The molecule has 0 radical (unpaired) electrons. The molecule has 25 heavy (non-hydrogen) atoms. The van der Waals surface area contributed by atoms with Gasteiger partial charge in [0.05, 0.1) is 0 Å². The van der Waals surface area contributed by atoms with Crippen LogP contribution in [-0.2, 0) is 11.2 Å². The fourth-order valence-corrected chi connectivity index (χ4v) is 3.18. The molecule has 1 N–H and O–H groups in total. The lowest BCUT2D eigenvalue weighted by Crippen LogP contribution is -2.34. The van der Waals surface area contributed by atoms with Crippen molar-refractivity contribution in [2.75, 3.05) is 6.54 Å². The third-order valence-electron chi connectivity index (χ3n) is 4.42. The summed E-state index contributed by atoms with van der Waals surface area (Å²) in [6.07, 6.45) is 6.06. The van der Waals surface area contributed by atoms with E-state index in [1.54, 1.807) is 12.1 Å². The van der Waals surface area contributed by atoms with E-state index in [0.29, 0.717) is 17.5 Å². The third-order valence-corrected chi connectivity index (χ3v) is 4.42. The van der Waals surface area contributed by atoms with Gasteiger partial charge in [-0.25, -0.2) is 0 Å². The van der Waals surface area contributed by atoms with E-state index in [1.807, 2.05) is 24.3 Å². The van der Waals surface area contributed by atoms with Gasteiger partial charge >= 0.3 is 5.97 Å². The Balaban J connectivity index is 1.64. The molecule has 1 fully saturated rings. The van der Waals surface area contributed by atoms with Crippen molar-refractivity contribution in [3.05, 3.63) is 54.1 Å². The molecular formula is C21H25NO3. The van der Waals surface area contributed by atoms with Crippen molar-refractivity contribution < 1.29 is 14.3 Å². The summed E-state index contributed by atoms with van der Waals surface area (Å²) >= 11 is 0. The van der Waals surface area contributed by atoms with Crippen LogP contribution in [0.2, 0.25) is 0 Å². The van der Waals surface area contributed by atoms with Gasteiger partial charge in [-0.05, 0) is 62.1 Å². The van der Waals surface area contributed by atoms with Crippen LogP contribution in [-0.4, -0.2) is 18.6 Å². The largest absolute Gasteiger partial charge is 0.453 e. The highest BCUT2D eigenvalue weighted by molar-refractivity contribution is 5.70. The minimum absolute atomic E-state index is 0.357. The molecule has 0 amide bonds. The fourth-order valence-electron chi connectivity index (χ4n) is 3.18. The topological polar surface area (TPSA) is 47.6 Å². The van der Waals surface area contributed by atoms with E-state index >= 15 is 0 Å². The van der Waals surface area contributed by atoms with E-state index in [2.05, 4.69) is 17.4 Å². The van der Waals surface area contributed by atoms with E-state index in [-0.39, 0.29) is 5.97 Å². The highest BCUT2D eigenvalue weighted by atomic mass is 16.6. The number of rotatable bonds is 6. The van der Waals surface area contributed by atoms with Gasteiger partial charge < -0.3 is 14.8 Å². The van der Waals surface area contributed by atoms with E-state index in [4.69, 9.17) is 9.47 Å². The number of carbonyl (C=O) groups excluding carboxylic acids is 1. The average molecular weight is 339 g/mol. The fraction of sp³-hybridized carbons (Fsp3) is 0.381. The zero-order valence-corrected chi connectivity index (χ0v) is 14.7. The minimum Gasteiger partial charge on any atom is -0.453 e. The van der Waals surface area contributed by atoms with Crippen LogP contribution in [0.4, 0.5) is 0 Å². The first-order chi connectivity index (χ1) is 12.2. The van der Waals surface area contributed by atoms with E-state index in [1.165, 1.54) is 31.7 Å². The highest BCUT2D eigenvalue weighted by Gasteiger charge is 2.13. The summed E-state index contributed by atoms with van der Waals surface area (Å²) in [5.74, 6) is 1.38. The van der Waals surface area contributed by atoms with Gasteiger partial charge in [0, 0.05) is 13.0 Å². The SMILES string of the molecule is CC(=O)Oc1ccccc1Oc1cccc(CCC2CCCCN2)c1. The summed E-state index contributed by atoms with van der Waals surface area (Å²) in [5.41, 5.74) is 1.26. The first-order valence-corrected chi connectivity index (χ1v) is 8.98. The molecule has 2 aromatic carbocycles. The zero-order chi connectivity index (χ0) is 17.5. The lowest BCUT2D eigenvalue weighted by Gasteiger charge is -2.23. The minimum atomic E-state index is -0.357. The lowest BCUT2D eigenvalue weighted by molar-refractivity contribution is -0.131. The molecule has 1 atom stereocenters. The molecule has 0 saturated carbocycles. The van der Waals surface area contributed by atoms with Gasteiger partial charge in [0.2, 0.25) is 0 Å². The molecule has 1 unspecified atom stereocenters.